The van der Waals surface area contributed by atoms with E-state index in [1.807, 2.05) is 6.92 Å². The molecule has 0 spiro atoms. The third-order valence-electron chi connectivity index (χ3n) is 3.03. The summed E-state index contributed by atoms with van der Waals surface area (Å²) in [6, 6.07) is 0. The van der Waals surface area contributed by atoms with E-state index < -0.39 is 0 Å². The fourth-order valence-corrected chi connectivity index (χ4v) is 4.19. The lowest BCUT2D eigenvalue weighted by Gasteiger charge is -2.07. The van der Waals surface area contributed by atoms with Gasteiger partial charge >= 0.3 is 11.9 Å². The summed E-state index contributed by atoms with van der Waals surface area (Å²) in [5.74, 6) is -0.630. The summed E-state index contributed by atoms with van der Waals surface area (Å²) in [5.41, 5.74) is 0.710. The average molecular weight is 403 g/mol. The molecule has 0 aromatic carbocycles. The van der Waals surface area contributed by atoms with E-state index >= 15 is 0 Å². The van der Waals surface area contributed by atoms with Crippen molar-refractivity contribution in [3.05, 3.63) is 15.6 Å². The van der Waals surface area contributed by atoms with E-state index in [0.29, 0.717) is 32.4 Å². The molecule has 0 aliphatic heterocycles. The van der Waals surface area contributed by atoms with E-state index in [1.165, 1.54) is 11.3 Å². The fraction of sp³-hybridized carbons (Fsp3) is 0.500. The summed E-state index contributed by atoms with van der Waals surface area (Å²) in [5, 5.41) is 1.27. The van der Waals surface area contributed by atoms with Crippen LogP contribution in [0, 0.1) is 6.92 Å². The normalized spacial score (nSPS) is 11.1. The van der Waals surface area contributed by atoms with Crippen LogP contribution < -0.4 is 0 Å². The second-order valence-corrected chi connectivity index (χ2v) is 7.80. The predicted molar refractivity (Wildman–Crippen MR) is 99.7 cm³/mol. The first kappa shape index (κ1) is 19.9. The summed E-state index contributed by atoms with van der Waals surface area (Å²) < 4.78 is 10.3. The van der Waals surface area contributed by atoms with Crippen molar-refractivity contribution >= 4 is 56.9 Å². The van der Waals surface area contributed by atoms with Gasteiger partial charge in [-0.2, -0.15) is 0 Å². The van der Waals surface area contributed by atoms with Gasteiger partial charge in [0.25, 0.3) is 0 Å². The highest BCUT2D eigenvalue weighted by Crippen LogP contribution is 2.35. The molecule has 2 heterocycles. The van der Waals surface area contributed by atoms with Crippen LogP contribution in [0.25, 0.3) is 10.2 Å². The molecule has 0 fully saturated rings. The van der Waals surface area contributed by atoms with E-state index in [9.17, 15) is 9.59 Å². The molecule has 0 atom stereocenters. The highest BCUT2D eigenvalue weighted by Gasteiger charge is 2.21. The number of aryl methyl sites for hydroxylation is 1. The molecule has 0 bridgehead atoms. The molecule has 9 heteroatoms. The van der Waals surface area contributed by atoms with Crippen LogP contribution in [0.3, 0.4) is 0 Å². The maximum atomic E-state index is 12.1. The van der Waals surface area contributed by atoms with Gasteiger partial charge in [0.15, 0.2) is 5.16 Å². The molecular weight excluding hydrogens is 384 g/mol. The molecule has 2 aromatic rings. The molecule has 136 valence electrons. The average Bonchev–Trinajstić information content (AvgIpc) is 2.87. The third kappa shape index (κ3) is 5.05. The van der Waals surface area contributed by atoms with Crippen molar-refractivity contribution in [2.24, 2.45) is 0 Å². The Hall–Kier alpha value is -1.38. The van der Waals surface area contributed by atoms with Crippen LogP contribution >= 0.6 is 34.7 Å². The third-order valence-corrected chi connectivity index (χ3v) is 5.29. The number of hydrogen-bond acceptors (Lipinski definition) is 8. The monoisotopic (exact) mass is 402 g/mol. The number of ether oxygens (including phenoxy) is 2. The van der Waals surface area contributed by atoms with Crippen LogP contribution in [-0.4, -0.2) is 40.4 Å². The first-order valence-corrected chi connectivity index (χ1v) is 9.97. The lowest BCUT2D eigenvalue weighted by molar-refractivity contribution is -0.144. The number of rotatable bonds is 7. The molecule has 0 N–H and O–H groups in total. The number of carbonyl (C=O) groups is 2. The van der Waals surface area contributed by atoms with Crippen molar-refractivity contribution in [1.29, 1.82) is 0 Å². The van der Waals surface area contributed by atoms with Crippen LogP contribution in [0.5, 0.6) is 0 Å². The highest BCUT2D eigenvalue weighted by molar-refractivity contribution is 7.99. The Kier molecular flexibility index (Phi) is 7.04. The van der Waals surface area contributed by atoms with Gasteiger partial charge in [-0.25, -0.2) is 14.8 Å². The number of hydrogen-bond donors (Lipinski definition) is 0. The van der Waals surface area contributed by atoms with Gasteiger partial charge in [-0.15, -0.1) is 11.3 Å². The molecule has 0 aliphatic rings. The fourth-order valence-electron chi connectivity index (χ4n) is 2.01. The molecule has 0 amide bonds. The van der Waals surface area contributed by atoms with Gasteiger partial charge in [-0.3, -0.25) is 4.79 Å². The van der Waals surface area contributed by atoms with Gasteiger partial charge in [-0.1, -0.05) is 30.3 Å². The Bertz CT molecular complexity index is 792. The molecule has 2 aromatic heterocycles. The first-order chi connectivity index (χ1) is 11.8. The minimum absolute atomic E-state index is 0.0930. The summed E-state index contributed by atoms with van der Waals surface area (Å²) >= 11 is 8.63. The summed E-state index contributed by atoms with van der Waals surface area (Å²) in [6.45, 7) is 7.67. The number of aromatic nitrogens is 2. The molecule has 0 saturated heterocycles. The standard InChI is InChI=1S/C16H19ClN2O4S2/c1-5-6-22-15(21)12-9(4)11-13(17)18-16(19-14(11)25-12)24-7-10(20)23-8(2)3/h8H,5-7H2,1-4H3. The molecule has 0 aliphatic carbocycles. The number of halogens is 1. The predicted octanol–water partition coefficient (Wildman–Crippen LogP) is 4.26. The summed E-state index contributed by atoms with van der Waals surface area (Å²) in [6.07, 6.45) is 0.584. The van der Waals surface area contributed by atoms with Gasteiger partial charge in [0, 0.05) is 0 Å². The maximum absolute atomic E-state index is 12.1. The number of nitrogens with zero attached hydrogens (tertiary/aromatic N) is 2. The second kappa shape index (κ2) is 8.82. The van der Waals surface area contributed by atoms with Crippen molar-refractivity contribution in [3.63, 3.8) is 0 Å². The van der Waals surface area contributed by atoms with Crippen LogP contribution in [0.2, 0.25) is 5.15 Å². The van der Waals surface area contributed by atoms with Crippen LogP contribution in [0.15, 0.2) is 5.16 Å². The lowest BCUT2D eigenvalue weighted by atomic mass is 10.2. The van der Waals surface area contributed by atoms with Crippen molar-refractivity contribution in [1.82, 2.24) is 9.97 Å². The zero-order valence-electron chi connectivity index (χ0n) is 14.4. The van der Waals surface area contributed by atoms with E-state index in [1.54, 1.807) is 20.8 Å². The molecule has 0 saturated carbocycles. The second-order valence-electron chi connectivity index (χ2n) is 5.50. The van der Waals surface area contributed by atoms with Gasteiger partial charge in [0.1, 0.15) is 14.9 Å². The topological polar surface area (TPSA) is 78.4 Å². The first-order valence-electron chi connectivity index (χ1n) is 7.79. The highest BCUT2D eigenvalue weighted by atomic mass is 35.5. The van der Waals surface area contributed by atoms with Gasteiger partial charge in [0.2, 0.25) is 0 Å². The van der Waals surface area contributed by atoms with Crippen LogP contribution in [0.4, 0.5) is 0 Å². The Morgan fingerprint density at radius 2 is 2.04 bits per heavy atom. The maximum Gasteiger partial charge on any atom is 0.348 e. The van der Waals surface area contributed by atoms with Crippen LogP contribution in [-0.2, 0) is 14.3 Å². The van der Waals surface area contributed by atoms with E-state index in [4.69, 9.17) is 21.1 Å². The van der Waals surface area contributed by atoms with Gasteiger partial charge in [0.05, 0.1) is 23.8 Å². The van der Waals surface area contributed by atoms with Crippen molar-refractivity contribution in [3.8, 4) is 0 Å². The smallest absolute Gasteiger partial charge is 0.348 e. The SMILES string of the molecule is CCCOC(=O)c1sc2nc(SCC(=O)OC(C)C)nc(Cl)c2c1C. The summed E-state index contributed by atoms with van der Waals surface area (Å²) in [4.78, 5) is 33.5. The minimum Gasteiger partial charge on any atom is -0.462 e. The number of carbonyl (C=O) groups excluding carboxylic acids is 2. The Morgan fingerprint density at radius 3 is 2.68 bits per heavy atom. The molecule has 25 heavy (non-hydrogen) atoms. The minimum atomic E-state index is -0.381. The molecule has 0 radical (unpaired) electrons. The van der Waals surface area contributed by atoms with E-state index in [2.05, 4.69) is 9.97 Å². The van der Waals surface area contributed by atoms with Gasteiger partial charge in [-0.05, 0) is 32.8 Å². The lowest BCUT2D eigenvalue weighted by Crippen LogP contribution is -2.13. The Morgan fingerprint density at radius 1 is 1.32 bits per heavy atom. The number of thioether (sulfide) groups is 1. The zero-order chi connectivity index (χ0) is 18.6. The molecule has 2 rings (SSSR count). The Balaban J connectivity index is 2.23. The largest absolute Gasteiger partial charge is 0.462 e. The van der Waals surface area contributed by atoms with Crippen molar-refractivity contribution in [2.45, 2.75) is 45.4 Å². The molecular formula is C16H19ClN2O4S2. The zero-order valence-corrected chi connectivity index (χ0v) is 16.8. The molecule has 6 nitrogen and oxygen atoms in total. The number of esters is 2. The van der Waals surface area contributed by atoms with Crippen LogP contribution in [0.1, 0.15) is 42.4 Å². The number of thiophene rings is 1. The van der Waals surface area contributed by atoms with Crippen molar-refractivity contribution < 1.29 is 19.1 Å². The van der Waals surface area contributed by atoms with E-state index in [-0.39, 0.29) is 28.9 Å². The quantitative estimate of drug-likeness (QED) is 0.296. The van der Waals surface area contributed by atoms with Crippen molar-refractivity contribution in [2.75, 3.05) is 12.4 Å². The summed E-state index contributed by atoms with van der Waals surface area (Å²) in [7, 11) is 0. The Labute approximate surface area is 159 Å². The van der Waals surface area contributed by atoms with E-state index in [0.717, 1.165) is 18.2 Å². The number of fused-ring (bicyclic) bond motifs is 1. The molecule has 0 unspecified atom stereocenters. The van der Waals surface area contributed by atoms with Gasteiger partial charge < -0.3 is 9.47 Å².